The zero-order valence-corrected chi connectivity index (χ0v) is 13.0. The van der Waals surface area contributed by atoms with Crippen molar-refractivity contribution in [2.75, 3.05) is 20.8 Å². The normalized spacial score (nSPS) is 11.1. The van der Waals surface area contributed by atoms with E-state index in [0.29, 0.717) is 29.2 Å². The second-order valence-corrected chi connectivity index (χ2v) is 4.69. The molecule has 0 aliphatic heterocycles. The maximum Gasteiger partial charge on any atom is 0.333 e. The molecule has 0 spiro atoms. The molecule has 0 N–H and O–H groups in total. The number of carbonyl (C=O) groups is 1. The fourth-order valence-corrected chi connectivity index (χ4v) is 1.99. The van der Waals surface area contributed by atoms with Crippen LogP contribution in [0.5, 0.6) is 11.5 Å². The molecule has 0 bridgehead atoms. The molecular weight excluding hydrogens is 312 g/mol. The summed E-state index contributed by atoms with van der Waals surface area (Å²) in [5, 5.41) is 0. The summed E-state index contributed by atoms with van der Waals surface area (Å²) in [6.45, 7) is 3.81. The van der Waals surface area contributed by atoms with Crippen LogP contribution in [-0.4, -0.2) is 26.8 Å². The van der Waals surface area contributed by atoms with E-state index < -0.39 is 0 Å². The van der Waals surface area contributed by atoms with Crippen LogP contribution in [0.4, 0.5) is 0 Å². The molecule has 0 saturated carbocycles. The van der Waals surface area contributed by atoms with E-state index in [1.807, 2.05) is 12.1 Å². The summed E-state index contributed by atoms with van der Waals surface area (Å²) in [5.74, 6) is 0.888. The minimum Gasteiger partial charge on any atom is -0.496 e. The molecule has 4 nitrogen and oxygen atoms in total. The fourth-order valence-electron chi connectivity index (χ4n) is 1.57. The minimum atomic E-state index is -0.352. The Morgan fingerprint density at radius 3 is 2.21 bits per heavy atom. The smallest absolute Gasteiger partial charge is 0.333 e. The molecule has 0 aliphatic rings. The highest BCUT2D eigenvalue weighted by Gasteiger charge is 2.12. The van der Waals surface area contributed by atoms with Gasteiger partial charge in [0, 0.05) is 10.0 Å². The molecule has 1 rings (SSSR count). The van der Waals surface area contributed by atoms with Gasteiger partial charge in [-0.2, -0.15) is 0 Å². The van der Waals surface area contributed by atoms with Crippen molar-refractivity contribution in [3.05, 3.63) is 27.7 Å². The molecule has 0 aliphatic carbocycles. The Bertz CT molecular complexity index is 469. The van der Waals surface area contributed by atoms with E-state index in [4.69, 9.17) is 14.2 Å². The van der Waals surface area contributed by atoms with Gasteiger partial charge in [0.1, 0.15) is 11.5 Å². The number of methoxy groups -OCH3 is 2. The largest absolute Gasteiger partial charge is 0.496 e. The first-order valence-corrected chi connectivity index (χ1v) is 6.59. The molecule has 0 radical (unpaired) electrons. The number of rotatable bonds is 5. The first-order chi connectivity index (χ1) is 9.03. The predicted octanol–water partition coefficient (Wildman–Crippen LogP) is 3.43. The molecule has 0 heterocycles. The van der Waals surface area contributed by atoms with Crippen molar-refractivity contribution in [2.45, 2.75) is 13.8 Å². The van der Waals surface area contributed by atoms with E-state index in [0.717, 1.165) is 4.47 Å². The Hall–Kier alpha value is -1.49. The van der Waals surface area contributed by atoms with Crippen LogP contribution in [0.3, 0.4) is 0 Å². The van der Waals surface area contributed by atoms with Crippen LogP contribution in [0.2, 0.25) is 0 Å². The third-order valence-electron chi connectivity index (χ3n) is 2.47. The number of hydrogen-bond donors (Lipinski definition) is 0. The van der Waals surface area contributed by atoms with Gasteiger partial charge in [0.2, 0.25) is 0 Å². The summed E-state index contributed by atoms with van der Waals surface area (Å²) in [4.78, 5) is 11.6. The molecule has 0 saturated heterocycles. The Labute approximate surface area is 121 Å². The van der Waals surface area contributed by atoms with Crippen LogP contribution in [0.15, 0.2) is 22.2 Å². The predicted molar refractivity (Wildman–Crippen MR) is 77.5 cm³/mol. The third-order valence-corrected chi connectivity index (χ3v) is 2.92. The Morgan fingerprint density at radius 2 is 1.79 bits per heavy atom. The molecule has 5 heteroatoms. The number of ether oxygens (including phenoxy) is 3. The summed E-state index contributed by atoms with van der Waals surface area (Å²) in [6, 6.07) is 3.62. The summed E-state index contributed by atoms with van der Waals surface area (Å²) < 4.78 is 16.4. The van der Waals surface area contributed by atoms with Crippen molar-refractivity contribution in [3.63, 3.8) is 0 Å². The van der Waals surface area contributed by atoms with E-state index in [1.54, 1.807) is 34.1 Å². The third kappa shape index (κ3) is 3.99. The van der Waals surface area contributed by atoms with Gasteiger partial charge in [0.05, 0.1) is 26.4 Å². The second-order valence-electron chi connectivity index (χ2n) is 3.77. The molecule has 0 unspecified atom stereocenters. The van der Waals surface area contributed by atoms with Gasteiger partial charge >= 0.3 is 5.97 Å². The summed E-state index contributed by atoms with van der Waals surface area (Å²) >= 11 is 3.38. The monoisotopic (exact) mass is 328 g/mol. The maximum absolute atomic E-state index is 11.6. The zero-order chi connectivity index (χ0) is 14.4. The van der Waals surface area contributed by atoms with Crippen LogP contribution >= 0.6 is 15.9 Å². The van der Waals surface area contributed by atoms with E-state index in [-0.39, 0.29) is 5.97 Å². The molecule has 0 amide bonds. The minimum absolute atomic E-state index is 0.346. The summed E-state index contributed by atoms with van der Waals surface area (Å²) in [5.41, 5.74) is 1.19. The van der Waals surface area contributed by atoms with Gasteiger partial charge in [-0.3, -0.25) is 0 Å². The molecule has 104 valence electrons. The number of benzene rings is 1. The number of carbonyl (C=O) groups excluding carboxylic acids is 1. The Balaban J connectivity index is 3.25. The molecule has 0 atom stereocenters. The van der Waals surface area contributed by atoms with Crippen LogP contribution in [-0.2, 0) is 9.53 Å². The maximum atomic E-state index is 11.6. The number of hydrogen-bond acceptors (Lipinski definition) is 4. The topological polar surface area (TPSA) is 44.8 Å². The lowest BCUT2D eigenvalue weighted by atomic mass is 10.1. The SMILES string of the molecule is CCOC(=O)C(C)=Cc1c(OC)cc(Br)cc1OC. The van der Waals surface area contributed by atoms with Crippen LogP contribution in [0.25, 0.3) is 6.08 Å². The first kappa shape index (κ1) is 15.6. The summed E-state index contributed by atoms with van der Waals surface area (Å²) in [7, 11) is 3.14. The first-order valence-electron chi connectivity index (χ1n) is 5.80. The van der Waals surface area contributed by atoms with Gasteiger partial charge in [0.15, 0.2) is 0 Å². The van der Waals surface area contributed by atoms with Crippen molar-refractivity contribution >= 4 is 28.0 Å². The van der Waals surface area contributed by atoms with Crippen LogP contribution in [0, 0.1) is 0 Å². The van der Waals surface area contributed by atoms with E-state index in [9.17, 15) is 4.79 Å². The molecular formula is C14H17BrO4. The highest BCUT2D eigenvalue weighted by atomic mass is 79.9. The van der Waals surface area contributed by atoms with Crippen molar-refractivity contribution in [2.24, 2.45) is 0 Å². The fraction of sp³-hybridized carbons (Fsp3) is 0.357. The average molecular weight is 329 g/mol. The lowest BCUT2D eigenvalue weighted by Gasteiger charge is -2.12. The van der Waals surface area contributed by atoms with Crippen molar-refractivity contribution in [3.8, 4) is 11.5 Å². The van der Waals surface area contributed by atoms with Crippen molar-refractivity contribution in [1.29, 1.82) is 0 Å². The van der Waals surface area contributed by atoms with E-state index in [2.05, 4.69) is 15.9 Å². The molecule has 1 aromatic rings. The molecule has 1 aromatic carbocycles. The van der Waals surface area contributed by atoms with Gasteiger partial charge in [-0.15, -0.1) is 0 Å². The van der Waals surface area contributed by atoms with Crippen LogP contribution in [0.1, 0.15) is 19.4 Å². The number of esters is 1. The quantitative estimate of drug-likeness (QED) is 0.613. The molecule has 0 aromatic heterocycles. The lowest BCUT2D eigenvalue weighted by molar-refractivity contribution is -0.138. The highest BCUT2D eigenvalue weighted by Crippen LogP contribution is 2.34. The standard InChI is InChI=1S/C14H17BrO4/c1-5-19-14(16)9(2)6-11-12(17-3)7-10(15)8-13(11)18-4/h6-8H,5H2,1-4H3. The van der Waals surface area contributed by atoms with Gasteiger partial charge in [-0.05, 0) is 32.1 Å². The second kappa shape index (κ2) is 7.19. The lowest BCUT2D eigenvalue weighted by Crippen LogP contribution is -2.05. The Kier molecular flexibility index (Phi) is 5.89. The number of halogens is 1. The van der Waals surface area contributed by atoms with Crippen molar-refractivity contribution < 1.29 is 19.0 Å². The van der Waals surface area contributed by atoms with Crippen molar-refractivity contribution in [1.82, 2.24) is 0 Å². The van der Waals surface area contributed by atoms with Gasteiger partial charge in [-0.25, -0.2) is 4.79 Å². The molecule has 19 heavy (non-hydrogen) atoms. The van der Waals surface area contributed by atoms with Crippen LogP contribution < -0.4 is 9.47 Å². The zero-order valence-electron chi connectivity index (χ0n) is 11.5. The van der Waals surface area contributed by atoms with Gasteiger partial charge in [-0.1, -0.05) is 15.9 Å². The average Bonchev–Trinajstić information content (AvgIpc) is 2.40. The molecule has 0 fully saturated rings. The van der Waals surface area contributed by atoms with Gasteiger partial charge < -0.3 is 14.2 Å². The summed E-state index contributed by atoms with van der Waals surface area (Å²) in [6.07, 6.45) is 1.70. The van der Waals surface area contributed by atoms with E-state index in [1.165, 1.54) is 0 Å². The Morgan fingerprint density at radius 1 is 1.26 bits per heavy atom. The highest BCUT2D eigenvalue weighted by molar-refractivity contribution is 9.10. The van der Waals surface area contributed by atoms with E-state index >= 15 is 0 Å². The van der Waals surface area contributed by atoms with Gasteiger partial charge in [0.25, 0.3) is 0 Å².